The third-order valence-corrected chi connectivity index (χ3v) is 3.40. The molecule has 0 atom stereocenters. The molecule has 0 fully saturated rings. The summed E-state index contributed by atoms with van der Waals surface area (Å²) in [6.07, 6.45) is 1.52. The molecule has 0 aliphatic rings. The molecule has 0 saturated carbocycles. The molecule has 22 heavy (non-hydrogen) atoms. The lowest BCUT2D eigenvalue weighted by Crippen LogP contribution is -2.01. The van der Waals surface area contributed by atoms with E-state index in [-0.39, 0.29) is 11.4 Å². The molecule has 110 valence electrons. The van der Waals surface area contributed by atoms with Crippen LogP contribution in [-0.2, 0) is 0 Å². The predicted molar refractivity (Wildman–Crippen MR) is 79.9 cm³/mol. The van der Waals surface area contributed by atoms with E-state index < -0.39 is 5.97 Å². The molecule has 3 aromatic rings. The number of aromatic nitrogens is 1. The Morgan fingerprint density at radius 2 is 2.00 bits per heavy atom. The van der Waals surface area contributed by atoms with Gasteiger partial charge in [-0.1, -0.05) is 6.07 Å². The van der Waals surface area contributed by atoms with Crippen molar-refractivity contribution in [1.29, 1.82) is 0 Å². The standard InChI is InChI=1S/C17H12FNO3/c1-10-12(17(20)21)3-2-4-15(10)22-16-7-8-19-14-9-11(18)5-6-13(14)16/h2-9H,1H3,(H,20,21). The second-order valence-corrected chi connectivity index (χ2v) is 4.81. The first-order valence-corrected chi connectivity index (χ1v) is 6.61. The molecule has 0 radical (unpaired) electrons. The lowest BCUT2D eigenvalue weighted by atomic mass is 10.1. The average molecular weight is 297 g/mol. The maximum Gasteiger partial charge on any atom is 0.336 e. The fourth-order valence-electron chi connectivity index (χ4n) is 2.26. The molecular weight excluding hydrogens is 285 g/mol. The van der Waals surface area contributed by atoms with E-state index in [0.717, 1.165) is 0 Å². The van der Waals surface area contributed by atoms with Gasteiger partial charge in [0.15, 0.2) is 0 Å². The zero-order valence-electron chi connectivity index (χ0n) is 11.7. The fraction of sp³-hybridized carbons (Fsp3) is 0.0588. The molecule has 0 aliphatic carbocycles. The van der Waals surface area contributed by atoms with Gasteiger partial charge in [0.2, 0.25) is 0 Å². The van der Waals surface area contributed by atoms with Crippen LogP contribution in [0.2, 0.25) is 0 Å². The van der Waals surface area contributed by atoms with Crippen LogP contribution in [-0.4, -0.2) is 16.1 Å². The van der Waals surface area contributed by atoms with Crippen LogP contribution < -0.4 is 4.74 Å². The molecule has 1 aromatic heterocycles. The number of pyridine rings is 1. The lowest BCUT2D eigenvalue weighted by Gasteiger charge is -2.12. The van der Waals surface area contributed by atoms with E-state index in [2.05, 4.69) is 4.98 Å². The molecule has 1 N–H and O–H groups in total. The van der Waals surface area contributed by atoms with Crippen LogP contribution in [0.15, 0.2) is 48.7 Å². The highest BCUT2D eigenvalue weighted by Gasteiger charge is 2.13. The molecule has 0 bridgehead atoms. The third kappa shape index (κ3) is 2.48. The summed E-state index contributed by atoms with van der Waals surface area (Å²) in [5.41, 5.74) is 1.19. The van der Waals surface area contributed by atoms with Crippen LogP contribution in [0.3, 0.4) is 0 Å². The Morgan fingerprint density at radius 3 is 2.77 bits per heavy atom. The van der Waals surface area contributed by atoms with E-state index in [1.165, 1.54) is 24.4 Å². The summed E-state index contributed by atoms with van der Waals surface area (Å²) in [5.74, 6) is -0.446. The van der Waals surface area contributed by atoms with Gasteiger partial charge in [0, 0.05) is 23.2 Å². The Balaban J connectivity index is 2.08. The number of carbonyl (C=O) groups is 1. The number of ether oxygens (including phenoxy) is 1. The second-order valence-electron chi connectivity index (χ2n) is 4.81. The lowest BCUT2D eigenvalue weighted by molar-refractivity contribution is 0.0695. The predicted octanol–water partition coefficient (Wildman–Crippen LogP) is 4.17. The molecule has 1 heterocycles. The SMILES string of the molecule is Cc1c(Oc2ccnc3cc(F)ccc23)cccc1C(=O)O. The number of carboxylic acid groups (broad SMARTS) is 1. The highest BCUT2D eigenvalue weighted by Crippen LogP contribution is 2.31. The maximum atomic E-state index is 13.3. The van der Waals surface area contributed by atoms with Crippen molar-refractivity contribution in [2.75, 3.05) is 0 Å². The third-order valence-electron chi connectivity index (χ3n) is 3.40. The van der Waals surface area contributed by atoms with Crippen LogP contribution in [0.5, 0.6) is 11.5 Å². The van der Waals surface area contributed by atoms with E-state index in [1.807, 2.05) is 0 Å². The smallest absolute Gasteiger partial charge is 0.336 e. The zero-order chi connectivity index (χ0) is 15.7. The summed E-state index contributed by atoms with van der Waals surface area (Å²) < 4.78 is 19.1. The quantitative estimate of drug-likeness (QED) is 0.788. The summed E-state index contributed by atoms with van der Waals surface area (Å²) in [6.45, 7) is 1.68. The van der Waals surface area contributed by atoms with Crippen molar-refractivity contribution < 1.29 is 19.0 Å². The Bertz CT molecular complexity index is 877. The summed E-state index contributed by atoms with van der Waals surface area (Å²) in [7, 11) is 0. The second kappa shape index (κ2) is 5.44. The van der Waals surface area contributed by atoms with E-state index in [0.29, 0.717) is 28.0 Å². The first-order chi connectivity index (χ1) is 10.6. The van der Waals surface area contributed by atoms with Crippen LogP contribution in [0.1, 0.15) is 15.9 Å². The van der Waals surface area contributed by atoms with Crippen LogP contribution in [0.4, 0.5) is 4.39 Å². The monoisotopic (exact) mass is 297 g/mol. The Labute approximate surface area is 125 Å². The van der Waals surface area contributed by atoms with Crippen LogP contribution in [0.25, 0.3) is 10.9 Å². The first kappa shape index (κ1) is 14.0. The van der Waals surface area contributed by atoms with Gasteiger partial charge in [-0.05, 0) is 37.3 Å². The van der Waals surface area contributed by atoms with Gasteiger partial charge in [0.1, 0.15) is 17.3 Å². The van der Waals surface area contributed by atoms with E-state index in [4.69, 9.17) is 9.84 Å². The number of hydrogen-bond acceptors (Lipinski definition) is 3. The summed E-state index contributed by atoms with van der Waals surface area (Å²) in [5, 5.41) is 9.81. The molecule has 0 spiro atoms. The Morgan fingerprint density at radius 1 is 1.18 bits per heavy atom. The van der Waals surface area contributed by atoms with Crippen LogP contribution >= 0.6 is 0 Å². The number of nitrogens with zero attached hydrogens (tertiary/aromatic N) is 1. The average Bonchev–Trinajstić information content (AvgIpc) is 2.49. The summed E-state index contributed by atoms with van der Waals surface area (Å²) in [4.78, 5) is 15.3. The van der Waals surface area contributed by atoms with Crippen molar-refractivity contribution in [3.8, 4) is 11.5 Å². The Hall–Kier alpha value is -2.95. The Kier molecular flexibility index (Phi) is 3.47. The highest BCUT2D eigenvalue weighted by atomic mass is 19.1. The first-order valence-electron chi connectivity index (χ1n) is 6.61. The van der Waals surface area contributed by atoms with Crippen molar-refractivity contribution >= 4 is 16.9 Å². The number of benzene rings is 2. The molecule has 0 amide bonds. The van der Waals surface area contributed by atoms with Crippen molar-refractivity contribution in [2.24, 2.45) is 0 Å². The van der Waals surface area contributed by atoms with Crippen molar-refractivity contribution in [2.45, 2.75) is 6.92 Å². The number of rotatable bonds is 3. The number of aromatic carboxylic acids is 1. The fourth-order valence-corrected chi connectivity index (χ4v) is 2.26. The minimum atomic E-state index is -1.01. The van der Waals surface area contributed by atoms with Gasteiger partial charge in [0.05, 0.1) is 11.1 Å². The van der Waals surface area contributed by atoms with Crippen molar-refractivity contribution in [3.63, 3.8) is 0 Å². The van der Waals surface area contributed by atoms with Gasteiger partial charge >= 0.3 is 5.97 Å². The highest BCUT2D eigenvalue weighted by molar-refractivity contribution is 5.90. The minimum Gasteiger partial charge on any atom is -0.478 e. The molecular formula is C17H12FNO3. The van der Waals surface area contributed by atoms with E-state index in [1.54, 1.807) is 31.2 Å². The molecule has 0 unspecified atom stereocenters. The molecule has 3 rings (SSSR count). The van der Waals surface area contributed by atoms with Gasteiger partial charge in [-0.15, -0.1) is 0 Å². The molecule has 0 saturated heterocycles. The number of hydrogen-bond donors (Lipinski definition) is 1. The zero-order valence-corrected chi connectivity index (χ0v) is 11.7. The molecule has 4 nitrogen and oxygen atoms in total. The number of fused-ring (bicyclic) bond motifs is 1. The summed E-state index contributed by atoms with van der Waals surface area (Å²) >= 11 is 0. The van der Waals surface area contributed by atoms with Gasteiger partial charge in [-0.3, -0.25) is 4.98 Å². The summed E-state index contributed by atoms with van der Waals surface area (Å²) in [6, 6.07) is 10.7. The maximum absolute atomic E-state index is 13.3. The topological polar surface area (TPSA) is 59.4 Å². The van der Waals surface area contributed by atoms with Gasteiger partial charge in [-0.2, -0.15) is 0 Å². The molecule has 5 heteroatoms. The van der Waals surface area contributed by atoms with Crippen LogP contribution in [0, 0.1) is 12.7 Å². The van der Waals surface area contributed by atoms with Gasteiger partial charge in [-0.25, -0.2) is 9.18 Å². The van der Waals surface area contributed by atoms with E-state index in [9.17, 15) is 9.18 Å². The van der Waals surface area contributed by atoms with Gasteiger partial charge < -0.3 is 9.84 Å². The van der Waals surface area contributed by atoms with Gasteiger partial charge in [0.25, 0.3) is 0 Å². The minimum absolute atomic E-state index is 0.182. The number of halogens is 1. The number of carboxylic acids is 1. The molecule has 0 aliphatic heterocycles. The van der Waals surface area contributed by atoms with E-state index >= 15 is 0 Å². The van der Waals surface area contributed by atoms with Crippen molar-refractivity contribution in [3.05, 3.63) is 65.6 Å². The van der Waals surface area contributed by atoms with Crippen molar-refractivity contribution in [1.82, 2.24) is 4.98 Å². The normalized spacial score (nSPS) is 10.6. The largest absolute Gasteiger partial charge is 0.478 e. The molecule has 2 aromatic carbocycles.